The van der Waals surface area contributed by atoms with Crippen molar-refractivity contribution in [3.05, 3.63) is 40.4 Å². The highest BCUT2D eigenvalue weighted by Gasteiger charge is 2.10. The van der Waals surface area contributed by atoms with Gasteiger partial charge in [-0.25, -0.2) is 4.79 Å². The SMILES string of the molecule is Cc1cc(CC(C)NC(=O)Nc2cncc(Br)c2)n[nH]1. The number of carbonyl (C=O) groups is 1. The van der Waals surface area contributed by atoms with Crippen molar-refractivity contribution in [1.29, 1.82) is 0 Å². The Morgan fingerprint density at radius 1 is 1.45 bits per heavy atom. The summed E-state index contributed by atoms with van der Waals surface area (Å²) in [5, 5.41) is 12.6. The molecule has 0 bridgehead atoms. The van der Waals surface area contributed by atoms with E-state index in [4.69, 9.17) is 0 Å². The van der Waals surface area contributed by atoms with E-state index in [1.54, 1.807) is 18.5 Å². The van der Waals surface area contributed by atoms with Crippen molar-refractivity contribution in [3.8, 4) is 0 Å². The van der Waals surface area contributed by atoms with E-state index in [1.165, 1.54) is 0 Å². The molecule has 0 aromatic carbocycles. The first-order valence-corrected chi connectivity index (χ1v) is 7.01. The molecule has 2 aromatic heterocycles. The van der Waals surface area contributed by atoms with Gasteiger partial charge >= 0.3 is 6.03 Å². The molecule has 0 fully saturated rings. The second-order valence-corrected chi connectivity index (χ2v) is 5.55. The lowest BCUT2D eigenvalue weighted by Gasteiger charge is -2.13. The van der Waals surface area contributed by atoms with Crippen molar-refractivity contribution < 1.29 is 4.79 Å². The van der Waals surface area contributed by atoms with Gasteiger partial charge in [-0.15, -0.1) is 0 Å². The van der Waals surface area contributed by atoms with Crippen LogP contribution in [-0.2, 0) is 6.42 Å². The largest absolute Gasteiger partial charge is 0.335 e. The van der Waals surface area contributed by atoms with Crippen LogP contribution in [0, 0.1) is 6.92 Å². The summed E-state index contributed by atoms with van der Waals surface area (Å²) in [4.78, 5) is 15.8. The maximum absolute atomic E-state index is 11.8. The van der Waals surface area contributed by atoms with E-state index < -0.39 is 0 Å². The quantitative estimate of drug-likeness (QED) is 0.801. The Hall–Kier alpha value is -1.89. The van der Waals surface area contributed by atoms with Crippen molar-refractivity contribution >= 4 is 27.6 Å². The number of aromatic amines is 1. The average molecular weight is 338 g/mol. The minimum absolute atomic E-state index is 0.0159. The third-order valence-electron chi connectivity index (χ3n) is 2.61. The first-order chi connectivity index (χ1) is 9.52. The summed E-state index contributed by atoms with van der Waals surface area (Å²) >= 11 is 3.30. The van der Waals surface area contributed by atoms with E-state index in [0.29, 0.717) is 12.1 Å². The lowest BCUT2D eigenvalue weighted by Crippen LogP contribution is -2.37. The second-order valence-electron chi connectivity index (χ2n) is 4.64. The number of anilines is 1. The fourth-order valence-electron chi connectivity index (χ4n) is 1.81. The molecule has 0 saturated carbocycles. The molecule has 2 aromatic rings. The minimum atomic E-state index is -0.260. The highest BCUT2D eigenvalue weighted by Crippen LogP contribution is 2.13. The highest BCUT2D eigenvalue weighted by atomic mass is 79.9. The molecule has 2 heterocycles. The molecule has 2 amide bonds. The van der Waals surface area contributed by atoms with Crippen LogP contribution in [0.15, 0.2) is 29.0 Å². The summed E-state index contributed by atoms with van der Waals surface area (Å²) in [6, 6.07) is 3.48. The second kappa shape index (κ2) is 6.51. The Balaban J connectivity index is 1.84. The average Bonchev–Trinajstić information content (AvgIpc) is 2.74. The molecular formula is C13H16BrN5O. The number of hydrogen-bond donors (Lipinski definition) is 3. The summed E-state index contributed by atoms with van der Waals surface area (Å²) in [6.45, 7) is 3.88. The van der Waals surface area contributed by atoms with Crippen molar-refractivity contribution in [2.45, 2.75) is 26.3 Å². The number of urea groups is 1. The predicted molar refractivity (Wildman–Crippen MR) is 80.6 cm³/mol. The molecule has 0 saturated heterocycles. The van der Waals surface area contributed by atoms with Crippen LogP contribution in [0.1, 0.15) is 18.3 Å². The summed E-state index contributed by atoms with van der Waals surface area (Å²) in [5.41, 5.74) is 2.58. The summed E-state index contributed by atoms with van der Waals surface area (Å²) in [5.74, 6) is 0. The van der Waals surface area contributed by atoms with Gasteiger partial charge in [-0.1, -0.05) is 0 Å². The van der Waals surface area contributed by atoms with Crippen LogP contribution in [0.3, 0.4) is 0 Å². The topological polar surface area (TPSA) is 82.7 Å². The van der Waals surface area contributed by atoms with Gasteiger partial charge in [0.15, 0.2) is 0 Å². The molecule has 0 aliphatic rings. The number of carbonyl (C=O) groups excluding carboxylic acids is 1. The van der Waals surface area contributed by atoms with E-state index in [0.717, 1.165) is 15.9 Å². The molecule has 0 spiro atoms. The number of nitrogens with one attached hydrogen (secondary N) is 3. The maximum Gasteiger partial charge on any atom is 0.319 e. The van der Waals surface area contributed by atoms with Crippen molar-refractivity contribution in [1.82, 2.24) is 20.5 Å². The molecule has 6 nitrogen and oxygen atoms in total. The first kappa shape index (κ1) is 14.5. The van der Waals surface area contributed by atoms with Gasteiger partial charge in [-0.05, 0) is 41.9 Å². The number of pyridine rings is 1. The number of H-pyrrole nitrogens is 1. The smallest absolute Gasteiger partial charge is 0.319 e. The van der Waals surface area contributed by atoms with E-state index in [9.17, 15) is 4.79 Å². The van der Waals surface area contributed by atoms with Gasteiger partial charge in [0.25, 0.3) is 0 Å². The standard InChI is InChI=1S/C13H16BrN5O/c1-8(3-11-4-9(2)18-19-11)16-13(20)17-12-5-10(14)6-15-7-12/h4-8H,3H2,1-2H3,(H,18,19)(H2,16,17,20). The maximum atomic E-state index is 11.8. The van der Waals surface area contributed by atoms with Crippen molar-refractivity contribution in [2.75, 3.05) is 5.32 Å². The number of aryl methyl sites for hydroxylation is 1. The molecule has 1 atom stereocenters. The number of nitrogens with zero attached hydrogens (tertiary/aromatic N) is 2. The lowest BCUT2D eigenvalue weighted by molar-refractivity contribution is 0.249. The zero-order valence-corrected chi connectivity index (χ0v) is 12.9. The molecule has 20 heavy (non-hydrogen) atoms. The molecule has 2 rings (SSSR count). The number of hydrogen-bond acceptors (Lipinski definition) is 3. The molecule has 7 heteroatoms. The molecule has 1 unspecified atom stereocenters. The van der Waals surface area contributed by atoms with Crippen LogP contribution in [-0.4, -0.2) is 27.3 Å². The fourth-order valence-corrected chi connectivity index (χ4v) is 2.18. The molecule has 0 radical (unpaired) electrons. The van der Waals surface area contributed by atoms with Crippen molar-refractivity contribution in [3.63, 3.8) is 0 Å². The summed E-state index contributed by atoms with van der Waals surface area (Å²) < 4.78 is 0.815. The molecule has 0 aliphatic carbocycles. The van der Waals surface area contributed by atoms with Gasteiger partial charge in [0.05, 0.1) is 17.6 Å². The van der Waals surface area contributed by atoms with Crippen LogP contribution in [0.5, 0.6) is 0 Å². The summed E-state index contributed by atoms with van der Waals surface area (Å²) in [6.07, 6.45) is 3.92. The van der Waals surface area contributed by atoms with Gasteiger partial charge in [0.2, 0.25) is 0 Å². The number of aromatic nitrogens is 3. The normalized spacial score (nSPS) is 11.9. The minimum Gasteiger partial charge on any atom is -0.335 e. The lowest BCUT2D eigenvalue weighted by atomic mass is 10.2. The Kier molecular flexibility index (Phi) is 4.73. The van der Waals surface area contributed by atoms with Gasteiger partial charge < -0.3 is 10.6 Å². The van der Waals surface area contributed by atoms with E-state index in [1.807, 2.05) is 19.9 Å². The first-order valence-electron chi connectivity index (χ1n) is 6.22. The summed E-state index contributed by atoms with van der Waals surface area (Å²) in [7, 11) is 0. The Morgan fingerprint density at radius 3 is 2.90 bits per heavy atom. The third kappa shape index (κ3) is 4.34. The van der Waals surface area contributed by atoms with Crippen LogP contribution in [0.25, 0.3) is 0 Å². The molecule has 3 N–H and O–H groups in total. The molecular weight excluding hydrogens is 322 g/mol. The van der Waals surface area contributed by atoms with Gasteiger partial charge in [-0.2, -0.15) is 5.10 Å². The van der Waals surface area contributed by atoms with Gasteiger partial charge in [0, 0.05) is 28.8 Å². The van der Waals surface area contributed by atoms with E-state index in [-0.39, 0.29) is 12.1 Å². The molecule has 0 aliphatic heterocycles. The third-order valence-corrected chi connectivity index (χ3v) is 3.05. The van der Waals surface area contributed by atoms with E-state index >= 15 is 0 Å². The van der Waals surface area contributed by atoms with E-state index in [2.05, 4.69) is 41.7 Å². The van der Waals surface area contributed by atoms with Crippen LogP contribution < -0.4 is 10.6 Å². The van der Waals surface area contributed by atoms with Gasteiger partial charge in [0.1, 0.15) is 0 Å². The zero-order chi connectivity index (χ0) is 14.5. The zero-order valence-electron chi connectivity index (χ0n) is 11.3. The Bertz CT molecular complexity index is 598. The van der Waals surface area contributed by atoms with Gasteiger partial charge in [-0.3, -0.25) is 10.1 Å². The predicted octanol–water partition coefficient (Wildman–Crippen LogP) is 2.63. The number of halogens is 1. The monoisotopic (exact) mass is 337 g/mol. The molecule has 106 valence electrons. The Morgan fingerprint density at radius 2 is 2.25 bits per heavy atom. The number of rotatable bonds is 4. The van der Waals surface area contributed by atoms with Crippen LogP contribution in [0.4, 0.5) is 10.5 Å². The van der Waals surface area contributed by atoms with Crippen LogP contribution >= 0.6 is 15.9 Å². The fraction of sp³-hybridized carbons (Fsp3) is 0.308. The van der Waals surface area contributed by atoms with Crippen LogP contribution in [0.2, 0.25) is 0 Å². The Labute approximate surface area is 125 Å². The highest BCUT2D eigenvalue weighted by molar-refractivity contribution is 9.10. The van der Waals surface area contributed by atoms with Crippen molar-refractivity contribution in [2.24, 2.45) is 0 Å². The number of amides is 2.